The highest BCUT2D eigenvalue weighted by molar-refractivity contribution is 4.96. The summed E-state index contributed by atoms with van der Waals surface area (Å²) in [6.45, 7) is 15.6. The highest BCUT2D eigenvalue weighted by Gasteiger charge is 2.33. The molecule has 2 unspecified atom stereocenters. The maximum Gasteiger partial charge on any atom is 0.138 e. The number of ether oxygens (including phenoxy) is 1. The maximum atomic E-state index is 6.07. The molecule has 0 spiro atoms. The standard InChI is InChI=1S/C16H32N4O/c1-7-10-17-13(15(21-9-3)16(4,5)6)11-14-18-12-19-20(14)8-2/h12-13,15,17H,7-11H2,1-6H3. The van der Waals surface area contributed by atoms with Gasteiger partial charge >= 0.3 is 0 Å². The van der Waals surface area contributed by atoms with Crippen LogP contribution in [0.4, 0.5) is 0 Å². The zero-order valence-corrected chi connectivity index (χ0v) is 14.5. The molecule has 0 fully saturated rings. The first-order valence-electron chi connectivity index (χ1n) is 8.15. The van der Waals surface area contributed by atoms with Crippen molar-refractivity contribution in [1.29, 1.82) is 0 Å². The van der Waals surface area contributed by atoms with Crippen molar-refractivity contribution < 1.29 is 4.74 Å². The van der Waals surface area contributed by atoms with Crippen molar-refractivity contribution in [3.63, 3.8) is 0 Å². The molecule has 1 aromatic heterocycles. The van der Waals surface area contributed by atoms with Crippen molar-refractivity contribution >= 4 is 0 Å². The SMILES string of the molecule is CCCNC(Cc1ncnn1CC)C(OCC)C(C)(C)C. The van der Waals surface area contributed by atoms with Crippen molar-refractivity contribution in [2.45, 2.75) is 73.1 Å². The van der Waals surface area contributed by atoms with Crippen LogP contribution in [0.25, 0.3) is 0 Å². The first-order chi connectivity index (χ1) is 9.93. The Morgan fingerprint density at radius 2 is 2.00 bits per heavy atom. The van der Waals surface area contributed by atoms with Gasteiger partial charge in [0.1, 0.15) is 12.2 Å². The fourth-order valence-corrected chi connectivity index (χ4v) is 2.67. The molecule has 2 atom stereocenters. The molecule has 0 saturated heterocycles. The number of hydrogen-bond donors (Lipinski definition) is 1. The topological polar surface area (TPSA) is 52.0 Å². The minimum absolute atomic E-state index is 0.0818. The molecule has 0 radical (unpaired) electrons. The van der Waals surface area contributed by atoms with E-state index in [2.05, 4.69) is 56.9 Å². The number of rotatable bonds is 9. The minimum Gasteiger partial charge on any atom is -0.376 e. The van der Waals surface area contributed by atoms with E-state index in [-0.39, 0.29) is 17.6 Å². The fraction of sp³-hybridized carbons (Fsp3) is 0.875. The lowest BCUT2D eigenvalue weighted by Crippen LogP contribution is -2.50. The molecule has 21 heavy (non-hydrogen) atoms. The summed E-state index contributed by atoms with van der Waals surface area (Å²) >= 11 is 0. The average molecular weight is 296 g/mol. The van der Waals surface area contributed by atoms with Crippen molar-refractivity contribution in [3.8, 4) is 0 Å². The van der Waals surface area contributed by atoms with Crippen LogP contribution in [0.15, 0.2) is 6.33 Å². The van der Waals surface area contributed by atoms with Gasteiger partial charge in [0.2, 0.25) is 0 Å². The fourth-order valence-electron chi connectivity index (χ4n) is 2.67. The summed E-state index contributed by atoms with van der Waals surface area (Å²) in [6.07, 6.45) is 3.74. The Kier molecular flexibility index (Phi) is 7.32. The summed E-state index contributed by atoms with van der Waals surface area (Å²) < 4.78 is 8.03. The molecule has 0 saturated carbocycles. The molecule has 5 heteroatoms. The second-order valence-electron chi connectivity index (χ2n) is 6.50. The van der Waals surface area contributed by atoms with Gasteiger partial charge in [0.25, 0.3) is 0 Å². The van der Waals surface area contributed by atoms with E-state index < -0.39 is 0 Å². The Labute approximate surface area is 129 Å². The van der Waals surface area contributed by atoms with Crippen molar-refractivity contribution in [2.75, 3.05) is 13.2 Å². The van der Waals surface area contributed by atoms with E-state index in [0.29, 0.717) is 0 Å². The average Bonchev–Trinajstić information content (AvgIpc) is 2.87. The van der Waals surface area contributed by atoms with Gasteiger partial charge in [-0.2, -0.15) is 5.10 Å². The summed E-state index contributed by atoms with van der Waals surface area (Å²) in [7, 11) is 0. The third-order valence-electron chi connectivity index (χ3n) is 3.62. The van der Waals surface area contributed by atoms with Crippen LogP contribution in [0.2, 0.25) is 0 Å². The second kappa shape index (κ2) is 8.49. The number of nitrogens with one attached hydrogen (secondary N) is 1. The molecule has 0 aliphatic rings. The van der Waals surface area contributed by atoms with Gasteiger partial charge in [-0.15, -0.1) is 0 Å². The molecule has 0 amide bonds. The number of nitrogens with zero attached hydrogens (tertiary/aromatic N) is 3. The Morgan fingerprint density at radius 3 is 2.52 bits per heavy atom. The summed E-state index contributed by atoms with van der Waals surface area (Å²) in [6, 6.07) is 0.249. The monoisotopic (exact) mass is 296 g/mol. The Bertz CT molecular complexity index is 397. The van der Waals surface area contributed by atoms with E-state index >= 15 is 0 Å². The smallest absolute Gasteiger partial charge is 0.138 e. The number of hydrogen-bond acceptors (Lipinski definition) is 4. The zero-order valence-electron chi connectivity index (χ0n) is 14.5. The first-order valence-corrected chi connectivity index (χ1v) is 8.15. The molecule has 0 aliphatic carbocycles. The van der Waals surface area contributed by atoms with Crippen LogP contribution in [-0.4, -0.2) is 40.1 Å². The maximum absolute atomic E-state index is 6.07. The summed E-state index contributed by atoms with van der Waals surface area (Å²) in [4.78, 5) is 4.42. The Hall–Kier alpha value is -0.940. The molecule has 1 aromatic rings. The van der Waals surface area contributed by atoms with E-state index in [9.17, 15) is 0 Å². The largest absolute Gasteiger partial charge is 0.376 e. The van der Waals surface area contributed by atoms with Crippen LogP contribution in [0.5, 0.6) is 0 Å². The molecule has 1 rings (SSSR count). The van der Waals surface area contributed by atoms with Gasteiger partial charge in [0.05, 0.1) is 6.10 Å². The van der Waals surface area contributed by atoms with Crippen LogP contribution in [-0.2, 0) is 17.7 Å². The second-order valence-corrected chi connectivity index (χ2v) is 6.50. The highest BCUT2D eigenvalue weighted by atomic mass is 16.5. The molecule has 5 nitrogen and oxygen atoms in total. The third kappa shape index (κ3) is 5.40. The zero-order chi connectivity index (χ0) is 15.9. The lowest BCUT2D eigenvalue weighted by atomic mass is 9.83. The molecular weight excluding hydrogens is 264 g/mol. The third-order valence-corrected chi connectivity index (χ3v) is 3.62. The van der Waals surface area contributed by atoms with E-state index in [1.165, 1.54) is 0 Å². The van der Waals surface area contributed by atoms with E-state index in [1.807, 2.05) is 4.68 Å². The Balaban J connectivity index is 2.91. The molecule has 122 valence electrons. The van der Waals surface area contributed by atoms with Gasteiger partial charge in [0, 0.05) is 25.6 Å². The van der Waals surface area contributed by atoms with Crippen LogP contribution in [0.3, 0.4) is 0 Å². The molecule has 0 aliphatic heterocycles. The van der Waals surface area contributed by atoms with Gasteiger partial charge in [-0.25, -0.2) is 4.98 Å². The molecular formula is C16H32N4O. The quantitative estimate of drug-likeness (QED) is 0.761. The highest BCUT2D eigenvalue weighted by Crippen LogP contribution is 2.26. The van der Waals surface area contributed by atoms with Crippen molar-refractivity contribution in [1.82, 2.24) is 20.1 Å². The van der Waals surface area contributed by atoms with Gasteiger partial charge in [-0.1, -0.05) is 27.7 Å². The predicted octanol–water partition coefficient (Wildman–Crippen LogP) is 2.66. The van der Waals surface area contributed by atoms with Crippen LogP contribution < -0.4 is 5.32 Å². The van der Waals surface area contributed by atoms with Crippen LogP contribution in [0.1, 0.15) is 53.8 Å². The van der Waals surface area contributed by atoms with Crippen molar-refractivity contribution in [2.24, 2.45) is 5.41 Å². The van der Waals surface area contributed by atoms with Gasteiger partial charge < -0.3 is 10.1 Å². The van der Waals surface area contributed by atoms with Gasteiger partial charge in [-0.05, 0) is 32.2 Å². The first kappa shape index (κ1) is 18.1. The molecule has 1 N–H and O–H groups in total. The van der Waals surface area contributed by atoms with E-state index in [4.69, 9.17) is 4.74 Å². The van der Waals surface area contributed by atoms with Gasteiger partial charge in [-0.3, -0.25) is 4.68 Å². The summed E-state index contributed by atoms with van der Waals surface area (Å²) in [5, 5.41) is 7.92. The van der Waals surface area contributed by atoms with Crippen LogP contribution in [0, 0.1) is 5.41 Å². The number of aryl methyl sites for hydroxylation is 1. The lowest BCUT2D eigenvalue weighted by molar-refractivity contribution is -0.0360. The van der Waals surface area contributed by atoms with Gasteiger partial charge in [0.15, 0.2) is 0 Å². The Morgan fingerprint density at radius 1 is 1.29 bits per heavy atom. The predicted molar refractivity (Wildman–Crippen MR) is 86.4 cm³/mol. The molecule has 0 aromatic carbocycles. The normalized spacial score (nSPS) is 15.1. The molecule has 1 heterocycles. The number of aromatic nitrogens is 3. The molecule has 0 bridgehead atoms. The van der Waals surface area contributed by atoms with Crippen LogP contribution >= 0.6 is 0 Å². The minimum atomic E-state index is 0.0818. The summed E-state index contributed by atoms with van der Waals surface area (Å²) in [5.41, 5.74) is 0.0818. The lowest BCUT2D eigenvalue weighted by Gasteiger charge is -2.37. The van der Waals surface area contributed by atoms with E-state index in [0.717, 1.165) is 38.4 Å². The van der Waals surface area contributed by atoms with E-state index in [1.54, 1.807) is 6.33 Å². The van der Waals surface area contributed by atoms with Crippen molar-refractivity contribution in [3.05, 3.63) is 12.2 Å². The summed E-state index contributed by atoms with van der Waals surface area (Å²) in [5.74, 6) is 1.03.